The fourth-order valence-corrected chi connectivity index (χ4v) is 3.62. The Hall–Kier alpha value is -2.07. The smallest absolute Gasteiger partial charge is 0.308 e. The Morgan fingerprint density at radius 2 is 1.46 bits per heavy atom. The van der Waals surface area contributed by atoms with E-state index in [1.54, 1.807) is 26.0 Å². The molecule has 0 radical (unpaired) electrons. The number of rotatable bonds is 7. The minimum Gasteiger partial charge on any atom is -0.481 e. The van der Waals surface area contributed by atoms with Crippen molar-refractivity contribution in [3.05, 3.63) is 60.2 Å². The number of ketones is 1. The standard InChI is InChI=1S/C20H22O3S.C2H6/c1-20(2,17(13-24-3)19(22)23)18(21)16-11-9-15(10-12-16)14-7-5-4-6-8-14;1-2/h4-12,17H,13H2,1-3H3,(H,22,23);1-2H3. The van der Waals surface area contributed by atoms with Gasteiger partial charge in [0.15, 0.2) is 5.78 Å². The molecule has 0 saturated heterocycles. The molecule has 3 nitrogen and oxygen atoms in total. The van der Waals surface area contributed by atoms with E-state index in [-0.39, 0.29) is 5.78 Å². The minimum absolute atomic E-state index is 0.136. The molecule has 1 atom stereocenters. The zero-order valence-corrected chi connectivity index (χ0v) is 17.0. The molecule has 4 heteroatoms. The largest absolute Gasteiger partial charge is 0.481 e. The topological polar surface area (TPSA) is 54.4 Å². The maximum absolute atomic E-state index is 12.9. The van der Waals surface area contributed by atoms with E-state index in [9.17, 15) is 14.7 Å². The molecule has 2 rings (SSSR count). The molecule has 0 aliphatic carbocycles. The highest BCUT2D eigenvalue weighted by molar-refractivity contribution is 7.98. The number of thioether (sulfide) groups is 1. The highest BCUT2D eigenvalue weighted by Gasteiger charge is 2.41. The van der Waals surface area contributed by atoms with Crippen molar-refractivity contribution in [1.29, 1.82) is 0 Å². The van der Waals surface area contributed by atoms with Crippen LogP contribution in [0.5, 0.6) is 0 Å². The summed E-state index contributed by atoms with van der Waals surface area (Å²) in [4.78, 5) is 24.4. The van der Waals surface area contributed by atoms with Crippen molar-refractivity contribution in [3.63, 3.8) is 0 Å². The zero-order valence-electron chi connectivity index (χ0n) is 16.2. The molecule has 0 aromatic heterocycles. The van der Waals surface area contributed by atoms with Crippen molar-refractivity contribution in [2.45, 2.75) is 27.7 Å². The fourth-order valence-electron chi connectivity index (χ4n) is 2.73. The summed E-state index contributed by atoms with van der Waals surface area (Å²) in [6.07, 6.45) is 1.85. The summed E-state index contributed by atoms with van der Waals surface area (Å²) in [6.45, 7) is 7.44. The second kappa shape index (κ2) is 10.2. The van der Waals surface area contributed by atoms with Crippen molar-refractivity contribution in [3.8, 4) is 11.1 Å². The van der Waals surface area contributed by atoms with E-state index in [0.29, 0.717) is 11.3 Å². The van der Waals surface area contributed by atoms with Crippen molar-refractivity contribution in [2.24, 2.45) is 11.3 Å². The molecule has 0 saturated carbocycles. The molecule has 140 valence electrons. The number of hydrogen-bond donors (Lipinski definition) is 1. The van der Waals surface area contributed by atoms with Gasteiger partial charge in [0, 0.05) is 16.7 Å². The molecule has 1 N–H and O–H groups in total. The van der Waals surface area contributed by atoms with Crippen LogP contribution < -0.4 is 0 Å². The lowest BCUT2D eigenvalue weighted by Gasteiger charge is -2.29. The average Bonchev–Trinajstić information content (AvgIpc) is 2.67. The lowest BCUT2D eigenvalue weighted by Crippen LogP contribution is -2.39. The van der Waals surface area contributed by atoms with Gasteiger partial charge in [-0.3, -0.25) is 9.59 Å². The molecule has 1 unspecified atom stereocenters. The number of carbonyl (C=O) groups is 2. The lowest BCUT2D eigenvalue weighted by atomic mass is 9.74. The average molecular weight is 373 g/mol. The Kier molecular flexibility index (Phi) is 8.59. The van der Waals surface area contributed by atoms with E-state index in [1.807, 2.05) is 62.6 Å². The molecule has 0 amide bonds. The van der Waals surface area contributed by atoms with Crippen molar-refractivity contribution in [2.75, 3.05) is 12.0 Å². The molecule has 0 heterocycles. The van der Waals surface area contributed by atoms with Crippen LogP contribution in [-0.2, 0) is 4.79 Å². The van der Waals surface area contributed by atoms with Gasteiger partial charge < -0.3 is 5.11 Å². The fraction of sp³-hybridized carbons (Fsp3) is 0.364. The molecule has 0 aliphatic rings. The predicted molar refractivity (Wildman–Crippen MR) is 111 cm³/mol. The van der Waals surface area contributed by atoms with E-state index in [1.165, 1.54) is 11.8 Å². The molecule has 0 bridgehead atoms. The van der Waals surface area contributed by atoms with E-state index < -0.39 is 17.3 Å². The van der Waals surface area contributed by atoms with Crippen molar-refractivity contribution >= 4 is 23.5 Å². The van der Waals surface area contributed by atoms with Crippen LogP contribution >= 0.6 is 11.8 Å². The number of aliphatic carboxylic acids is 1. The number of carboxylic acid groups (broad SMARTS) is 1. The van der Waals surface area contributed by atoms with Crippen LogP contribution in [0.15, 0.2) is 54.6 Å². The Labute approximate surface area is 160 Å². The predicted octanol–water partition coefficient (Wildman–Crippen LogP) is 5.65. The zero-order chi connectivity index (χ0) is 19.7. The van der Waals surface area contributed by atoms with Gasteiger partial charge >= 0.3 is 5.97 Å². The third-order valence-electron chi connectivity index (χ3n) is 4.34. The molecular formula is C22H28O3S. The first kappa shape index (κ1) is 22.0. The van der Waals surface area contributed by atoms with Gasteiger partial charge in [0.1, 0.15) is 0 Å². The maximum Gasteiger partial charge on any atom is 0.308 e. The highest BCUT2D eigenvalue weighted by atomic mass is 32.2. The molecule has 2 aromatic rings. The van der Waals surface area contributed by atoms with Crippen LogP contribution in [0.25, 0.3) is 11.1 Å². The lowest BCUT2D eigenvalue weighted by molar-refractivity contribution is -0.143. The Balaban J connectivity index is 0.00000163. The normalized spacial score (nSPS) is 11.9. The summed E-state index contributed by atoms with van der Waals surface area (Å²) in [5.41, 5.74) is 1.71. The monoisotopic (exact) mass is 372 g/mol. The summed E-state index contributed by atoms with van der Waals surface area (Å²) < 4.78 is 0. The summed E-state index contributed by atoms with van der Waals surface area (Å²) in [7, 11) is 0. The van der Waals surface area contributed by atoms with E-state index in [4.69, 9.17) is 0 Å². The van der Waals surface area contributed by atoms with Crippen molar-refractivity contribution < 1.29 is 14.7 Å². The number of hydrogen-bond acceptors (Lipinski definition) is 3. The van der Waals surface area contributed by atoms with Gasteiger partial charge in [-0.25, -0.2) is 0 Å². The molecule has 2 aromatic carbocycles. The van der Waals surface area contributed by atoms with Gasteiger partial charge in [0.25, 0.3) is 0 Å². The molecule has 0 aliphatic heterocycles. The van der Waals surface area contributed by atoms with Crippen LogP contribution in [0.1, 0.15) is 38.1 Å². The van der Waals surface area contributed by atoms with Crippen molar-refractivity contribution in [1.82, 2.24) is 0 Å². The maximum atomic E-state index is 12.9. The molecular weight excluding hydrogens is 344 g/mol. The number of benzene rings is 2. The minimum atomic E-state index is -0.955. The van der Waals surface area contributed by atoms with Crippen LogP contribution in [0.3, 0.4) is 0 Å². The van der Waals surface area contributed by atoms with E-state index >= 15 is 0 Å². The third kappa shape index (κ3) is 5.21. The highest BCUT2D eigenvalue weighted by Crippen LogP contribution is 2.34. The first-order chi connectivity index (χ1) is 12.4. The first-order valence-corrected chi connectivity index (χ1v) is 10.2. The number of carboxylic acids is 1. The SMILES string of the molecule is CC.CSCC(C(=O)O)C(C)(C)C(=O)c1ccc(-c2ccccc2)cc1. The van der Waals surface area contributed by atoms with Gasteiger partial charge in [-0.15, -0.1) is 0 Å². The molecule has 26 heavy (non-hydrogen) atoms. The second-order valence-electron chi connectivity index (χ2n) is 6.34. The van der Waals surface area contributed by atoms with E-state index in [0.717, 1.165) is 11.1 Å². The van der Waals surface area contributed by atoms with Gasteiger partial charge in [-0.05, 0) is 17.4 Å². The second-order valence-corrected chi connectivity index (χ2v) is 7.25. The summed E-state index contributed by atoms with van der Waals surface area (Å²) >= 11 is 1.44. The molecule has 0 fully saturated rings. The van der Waals surface area contributed by atoms with Gasteiger partial charge in [0.05, 0.1) is 5.92 Å². The third-order valence-corrected chi connectivity index (χ3v) is 5.01. The first-order valence-electron chi connectivity index (χ1n) is 8.80. The van der Waals surface area contributed by atoms with Gasteiger partial charge in [0.2, 0.25) is 0 Å². The van der Waals surface area contributed by atoms with Crippen LogP contribution in [0.4, 0.5) is 0 Å². The summed E-state index contributed by atoms with van der Waals surface area (Å²) in [5, 5.41) is 9.46. The van der Waals surface area contributed by atoms with Crippen LogP contribution in [0, 0.1) is 11.3 Å². The number of Topliss-reactive ketones (excluding diaryl/α,β-unsaturated/α-hetero) is 1. The summed E-state index contributed by atoms with van der Waals surface area (Å²) in [6, 6.07) is 17.3. The number of carbonyl (C=O) groups excluding carboxylic acids is 1. The quantitative estimate of drug-likeness (QED) is 0.638. The Morgan fingerprint density at radius 3 is 1.92 bits per heavy atom. The van der Waals surface area contributed by atoms with Crippen LogP contribution in [-0.4, -0.2) is 28.9 Å². The molecule has 0 spiro atoms. The Morgan fingerprint density at radius 1 is 0.962 bits per heavy atom. The Bertz CT molecular complexity index is 706. The van der Waals surface area contributed by atoms with Gasteiger partial charge in [-0.1, -0.05) is 82.3 Å². The van der Waals surface area contributed by atoms with E-state index in [2.05, 4.69) is 0 Å². The van der Waals surface area contributed by atoms with Gasteiger partial charge in [-0.2, -0.15) is 11.8 Å². The summed E-state index contributed by atoms with van der Waals surface area (Å²) in [5.74, 6) is -1.36. The van der Waals surface area contributed by atoms with Crippen LogP contribution in [0.2, 0.25) is 0 Å².